The van der Waals surface area contributed by atoms with Crippen LogP contribution in [0.1, 0.15) is 42.9 Å². The topological polar surface area (TPSA) is 119 Å². The van der Waals surface area contributed by atoms with Crippen molar-refractivity contribution in [2.75, 3.05) is 25.6 Å². The molecule has 1 aliphatic heterocycles. The number of hydrogen-bond donors (Lipinski definition) is 3. The monoisotopic (exact) mass is 500 g/mol. The van der Waals surface area contributed by atoms with Crippen molar-refractivity contribution in [2.45, 2.75) is 39.2 Å². The first-order valence-electron chi connectivity index (χ1n) is 12.4. The third kappa shape index (κ3) is 4.95. The van der Waals surface area contributed by atoms with Gasteiger partial charge in [0, 0.05) is 36.2 Å². The van der Waals surface area contributed by atoms with E-state index in [1.54, 1.807) is 31.5 Å². The zero-order chi connectivity index (χ0) is 26.1. The molecular weight excluding hydrogens is 468 g/mol. The molecule has 192 valence electrons. The number of methoxy groups -OCH3 is 1. The maximum atomic E-state index is 9.98. The van der Waals surface area contributed by atoms with Crippen LogP contribution in [0.4, 0.5) is 11.4 Å². The van der Waals surface area contributed by atoms with Gasteiger partial charge in [0.2, 0.25) is 5.88 Å². The van der Waals surface area contributed by atoms with Gasteiger partial charge in [-0.25, -0.2) is 14.5 Å². The van der Waals surface area contributed by atoms with Crippen LogP contribution in [0.15, 0.2) is 53.9 Å². The molecular formula is C28H32N6O3. The molecule has 0 spiro atoms. The average molecular weight is 501 g/mol. The van der Waals surface area contributed by atoms with Crippen molar-refractivity contribution in [3.05, 3.63) is 65.6 Å². The van der Waals surface area contributed by atoms with Gasteiger partial charge < -0.3 is 25.6 Å². The molecule has 1 atom stereocenters. The van der Waals surface area contributed by atoms with E-state index in [0.29, 0.717) is 30.5 Å². The highest BCUT2D eigenvalue weighted by Gasteiger charge is 2.22. The molecule has 0 aliphatic carbocycles. The van der Waals surface area contributed by atoms with Crippen molar-refractivity contribution in [2.24, 2.45) is 10.7 Å². The van der Waals surface area contributed by atoms with Crippen molar-refractivity contribution in [3.8, 4) is 22.8 Å². The molecule has 0 unspecified atom stereocenters. The van der Waals surface area contributed by atoms with Crippen LogP contribution in [0.2, 0.25) is 0 Å². The maximum Gasteiger partial charge on any atom is 0.213 e. The highest BCUT2D eigenvalue weighted by atomic mass is 16.5. The number of aromatic hydroxyl groups is 1. The third-order valence-electron chi connectivity index (χ3n) is 6.67. The predicted molar refractivity (Wildman–Crippen MR) is 145 cm³/mol. The number of nitrogens with zero attached hydrogens (tertiary/aromatic N) is 4. The molecule has 5 rings (SSSR count). The van der Waals surface area contributed by atoms with Crippen LogP contribution in [0.5, 0.6) is 11.6 Å². The number of rotatable bonds is 7. The second-order valence-electron chi connectivity index (χ2n) is 9.63. The molecule has 4 aromatic rings. The van der Waals surface area contributed by atoms with E-state index in [0.717, 1.165) is 45.6 Å². The molecule has 1 aliphatic rings. The van der Waals surface area contributed by atoms with Gasteiger partial charge in [0.05, 0.1) is 48.4 Å². The number of fused-ring (bicyclic) bond motifs is 1. The number of phenolic OH excluding ortho intramolecular Hbond substituents is 1. The Morgan fingerprint density at radius 2 is 2.11 bits per heavy atom. The van der Waals surface area contributed by atoms with E-state index in [9.17, 15) is 5.11 Å². The number of phenols is 1. The van der Waals surface area contributed by atoms with Gasteiger partial charge in [-0.05, 0) is 54.7 Å². The fraction of sp³-hybridized carbons (Fsp3) is 0.321. The molecule has 1 saturated heterocycles. The van der Waals surface area contributed by atoms with Crippen LogP contribution in [0.25, 0.3) is 16.6 Å². The van der Waals surface area contributed by atoms with Gasteiger partial charge in [0.25, 0.3) is 0 Å². The first-order chi connectivity index (χ1) is 17.8. The van der Waals surface area contributed by atoms with Gasteiger partial charge in [-0.15, -0.1) is 0 Å². The lowest BCUT2D eigenvalue weighted by atomic mass is 10.0. The van der Waals surface area contributed by atoms with Crippen LogP contribution in [-0.4, -0.2) is 51.9 Å². The first-order valence-corrected chi connectivity index (χ1v) is 12.4. The SMILES string of the molecule is COc1cc(C)c(-c2cc3c(N[C@H]4CCOC4)c(/C(N)=N/c4ccc(O)cc4C(C)C)cnn3c2)cn1. The average Bonchev–Trinajstić information content (AvgIpc) is 3.55. The largest absolute Gasteiger partial charge is 0.508 e. The normalized spacial score (nSPS) is 16.0. The highest BCUT2D eigenvalue weighted by molar-refractivity contribution is 6.06. The number of anilines is 1. The molecule has 0 radical (unpaired) electrons. The number of aromatic nitrogens is 3. The van der Waals surface area contributed by atoms with Crippen LogP contribution < -0.4 is 15.8 Å². The van der Waals surface area contributed by atoms with Gasteiger partial charge in [-0.2, -0.15) is 5.10 Å². The van der Waals surface area contributed by atoms with Crippen LogP contribution in [-0.2, 0) is 4.74 Å². The molecule has 1 aromatic carbocycles. The fourth-order valence-corrected chi connectivity index (χ4v) is 4.64. The number of nitrogens with one attached hydrogen (secondary N) is 1. The van der Waals surface area contributed by atoms with Crippen molar-refractivity contribution >= 4 is 22.7 Å². The number of benzene rings is 1. The number of ether oxygens (including phenoxy) is 2. The van der Waals surface area contributed by atoms with E-state index in [-0.39, 0.29) is 17.7 Å². The number of pyridine rings is 1. The third-order valence-corrected chi connectivity index (χ3v) is 6.67. The summed E-state index contributed by atoms with van der Waals surface area (Å²) in [7, 11) is 1.61. The molecule has 3 aromatic heterocycles. The Morgan fingerprint density at radius 1 is 1.27 bits per heavy atom. The van der Waals surface area contributed by atoms with Crippen molar-refractivity contribution < 1.29 is 14.6 Å². The van der Waals surface area contributed by atoms with Crippen molar-refractivity contribution in [1.82, 2.24) is 14.6 Å². The molecule has 0 bridgehead atoms. The Morgan fingerprint density at radius 3 is 2.81 bits per heavy atom. The molecule has 4 heterocycles. The summed E-state index contributed by atoms with van der Waals surface area (Å²) in [5.74, 6) is 1.29. The zero-order valence-corrected chi connectivity index (χ0v) is 21.5. The molecule has 1 fully saturated rings. The summed E-state index contributed by atoms with van der Waals surface area (Å²) in [6, 6.07) is 9.30. The van der Waals surface area contributed by atoms with Crippen LogP contribution in [0.3, 0.4) is 0 Å². The smallest absolute Gasteiger partial charge is 0.213 e. The van der Waals surface area contributed by atoms with Crippen molar-refractivity contribution in [3.63, 3.8) is 0 Å². The quantitative estimate of drug-likeness (QED) is 0.247. The Hall–Kier alpha value is -4.11. The molecule has 9 nitrogen and oxygen atoms in total. The molecule has 0 amide bonds. The van der Waals surface area contributed by atoms with Gasteiger partial charge in [-0.1, -0.05) is 13.8 Å². The minimum Gasteiger partial charge on any atom is -0.508 e. The van der Waals surface area contributed by atoms with Crippen LogP contribution in [0, 0.1) is 6.92 Å². The van der Waals surface area contributed by atoms with Gasteiger partial charge in [0.1, 0.15) is 11.6 Å². The number of nitrogens with two attached hydrogens (primary N) is 1. The summed E-state index contributed by atoms with van der Waals surface area (Å²) in [5, 5.41) is 18.3. The van der Waals surface area contributed by atoms with E-state index in [1.165, 1.54) is 0 Å². The summed E-state index contributed by atoms with van der Waals surface area (Å²) >= 11 is 0. The molecule has 0 saturated carbocycles. The molecule has 4 N–H and O–H groups in total. The lowest BCUT2D eigenvalue weighted by Gasteiger charge is -2.17. The first kappa shape index (κ1) is 24.6. The van der Waals surface area contributed by atoms with E-state index < -0.39 is 0 Å². The standard InChI is InChI=1S/C28H32N6O3/c1-16(2)21-11-20(35)5-6-24(21)33-28(29)23-13-31-34-14-18(22-12-30-26(36-4)9-17(22)3)10-25(34)27(23)32-19-7-8-37-15-19/h5-6,9-14,16,19,32,35H,7-8,15H2,1-4H3,(H2,29,33)/t19-/m0/s1. The van der Waals surface area contributed by atoms with E-state index in [1.807, 2.05) is 29.9 Å². The summed E-state index contributed by atoms with van der Waals surface area (Å²) < 4.78 is 12.7. The predicted octanol–water partition coefficient (Wildman–Crippen LogP) is 4.78. The zero-order valence-electron chi connectivity index (χ0n) is 21.5. The van der Waals surface area contributed by atoms with Gasteiger partial charge in [0.15, 0.2) is 0 Å². The highest BCUT2D eigenvalue weighted by Crippen LogP contribution is 2.34. The van der Waals surface area contributed by atoms with E-state index >= 15 is 0 Å². The lowest BCUT2D eigenvalue weighted by molar-refractivity contribution is 0.195. The summed E-state index contributed by atoms with van der Waals surface area (Å²) in [6.07, 6.45) is 6.43. The fourth-order valence-electron chi connectivity index (χ4n) is 4.64. The number of aliphatic imine (C=N–C) groups is 1. The molecule has 9 heteroatoms. The minimum absolute atomic E-state index is 0.153. The van der Waals surface area contributed by atoms with Gasteiger partial charge >= 0.3 is 0 Å². The Kier molecular flexibility index (Phi) is 6.71. The second kappa shape index (κ2) is 10.1. The Labute approximate surface area is 216 Å². The second-order valence-corrected chi connectivity index (χ2v) is 9.63. The molecule has 37 heavy (non-hydrogen) atoms. The number of amidine groups is 1. The lowest BCUT2D eigenvalue weighted by Crippen LogP contribution is -2.24. The Balaban J connectivity index is 1.63. The Bertz CT molecular complexity index is 1470. The maximum absolute atomic E-state index is 9.98. The van der Waals surface area contributed by atoms with Crippen molar-refractivity contribution in [1.29, 1.82) is 0 Å². The summed E-state index contributed by atoms with van der Waals surface area (Å²) in [4.78, 5) is 9.16. The summed E-state index contributed by atoms with van der Waals surface area (Å²) in [5.41, 5.74) is 13.7. The number of hydrogen-bond acceptors (Lipinski definition) is 7. The minimum atomic E-state index is 0.153. The van der Waals surface area contributed by atoms with Gasteiger partial charge in [-0.3, -0.25) is 0 Å². The van der Waals surface area contributed by atoms with E-state index in [4.69, 9.17) is 20.2 Å². The van der Waals surface area contributed by atoms with E-state index in [2.05, 4.69) is 35.3 Å². The summed E-state index contributed by atoms with van der Waals surface area (Å²) in [6.45, 7) is 7.48. The van der Waals surface area contributed by atoms with Crippen LogP contribution >= 0.6 is 0 Å². The number of aryl methyl sites for hydroxylation is 1.